The first-order valence-electron chi connectivity index (χ1n) is 8.80. The lowest BCUT2D eigenvalue weighted by atomic mass is 10.0. The summed E-state index contributed by atoms with van der Waals surface area (Å²) >= 11 is 6.46. The van der Waals surface area contributed by atoms with Crippen molar-refractivity contribution in [1.82, 2.24) is 9.78 Å². The average molecular weight is 410 g/mol. The molecule has 0 radical (unpaired) electrons. The lowest BCUT2D eigenvalue weighted by Gasteiger charge is -2.10. The molecule has 6 nitrogen and oxygen atoms in total. The number of carboxylic acids is 1. The highest BCUT2D eigenvalue weighted by Crippen LogP contribution is 2.25. The number of halogens is 1. The molecule has 0 aliphatic rings. The predicted octanol–water partition coefficient (Wildman–Crippen LogP) is 3.03. The van der Waals surface area contributed by atoms with Crippen LogP contribution in [0.5, 0.6) is 5.75 Å². The maximum Gasteiger partial charge on any atom is 0.185 e. The number of benzene rings is 2. The molecule has 1 heterocycles. The summed E-state index contributed by atoms with van der Waals surface area (Å²) in [6, 6.07) is 14.1. The third-order valence-corrected chi connectivity index (χ3v) is 4.71. The van der Waals surface area contributed by atoms with E-state index in [-0.39, 0.29) is 12.2 Å². The second-order valence-corrected chi connectivity index (χ2v) is 6.67. The normalized spacial score (nSPS) is 11.0. The molecular formula is C22H18ClN2O4-. The zero-order chi connectivity index (χ0) is 21.0. The van der Waals surface area contributed by atoms with Crippen LogP contribution in [0.4, 0.5) is 0 Å². The second kappa shape index (κ2) is 8.75. The first-order valence-corrected chi connectivity index (χ1v) is 9.18. The third kappa shape index (κ3) is 4.55. The fourth-order valence-electron chi connectivity index (χ4n) is 2.92. The molecule has 3 aromatic rings. The maximum absolute atomic E-state index is 12.6. The van der Waals surface area contributed by atoms with Gasteiger partial charge >= 0.3 is 0 Å². The Balaban J connectivity index is 1.88. The number of para-hydroxylation sites is 1. The van der Waals surface area contributed by atoms with E-state index in [0.29, 0.717) is 33.3 Å². The van der Waals surface area contributed by atoms with Gasteiger partial charge in [0.2, 0.25) is 0 Å². The van der Waals surface area contributed by atoms with Crippen molar-refractivity contribution in [2.45, 2.75) is 13.3 Å². The van der Waals surface area contributed by atoms with Crippen LogP contribution in [0, 0.1) is 6.92 Å². The minimum Gasteiger partial charge on any atom is -0.550 e. The lowest BCUT2D eigenvalue weighted by molar-refractivity contribution is -0.304. The number of nitrogens with zero attached hydrogens (tertiary/aromatic N) is 2. The zero-order valence-electron chi connectivity index (χ0n) is 15.9. The van der Waals surface area contributed by atoms with Crippen LogP contribution in [0.2, 0.25) is 5.15 Å². The molecule has 3 rings (SSSR count). The molecule has 2 aromatic carbocycles. The molecular weight excluding hydrogens is 392 g/mol. The minimum atomic E-state index is -1.25. The smallest absolute Gasteiger partial charge is 0.185 e. The van der Waals surface area contributed by atoms with E-state index >= 15 is 0 Å². The molecule has 0 amide bonds. The molecule has 0 bridgehead atoms. The van der Waals surface area contributed by atoms with Gasteiger partial charge in [0.25, 0.3) is 0 Å². The molecule has 0 spiro atoms. The molecule has 7 heteroatoms. The van der Waals surface area contributed by atoms with Crippen molar-refractivity contribution in [2.24, 2.45) is 0 Å². The van der Waals surface area contributed by atoms with Gasteiger partial charge in [0, 0.05) is 29.1 Å². The topological polar surface area (TPSA) is 84.2 Å². The summed E-state index contributed by atoms with van der Waals surface area (Å²) in [5.41, 5.74) is 2.83. The van der Waals surface area contributed by atoms with Gasteiger partial charge in [-0.15, -0.1) is 0 Å². The molecule has 0 aliphatic heterocycles. The third-order valence-electron chi connectivity index (χ3n) is 4.35. The van der Waals surface area contributed by atoms with Crippen LogP contribution in [-0.4, -0.2) is 28.6 Å². The predicted molar refractivity (Wildman–Crippen MR) is 108 cm³/mol. The van der Waals surface area contributed by atoms with E-state index in [9.17, 15) is 14.7 Å². The van der Waals surface area contributed by atoms with Crippen molar-refractivity contribution in [3.8, 4) is 11.4 Å². The first kappa shape index (κ1) is 20.4. The number of methoxy groups -OCH3 is 1. The number of ketones is 1. The second-order valence-electron chi connectivity index (χ2n) is 6.31. The van der Waals surface area contributed by atoms with Crippen LogP contribution in [0.25, 0.3) is 11.8 Å². The summed E-state index contributed by atoms with van der Waals surface area (Å²) in [5.74, 6) is -1.16. The van der Waals surface area contributed by atoms with Crippen LogP contribution >= 0.6 is 11.6 Å². The van der Waals surface area contributed by atoms with E-state index < -0.39 is 5.97 Å². The summed E-state index contributed by atoms with van der Waals surface area (Å²) in [6.45, 7) is 1.81. The largest absolute Gasteiger partial charge is 0.550 e. The average Bonchev–Trinajstić information content (AvgIpc) is 3.00. The highest BCUT2D eigenvalue weighted by molar-refractivity contribution is 6.31. The van der Waals surface area contributed by atoms with Crippen LogP contribution in [0.1, 0.15) is 27.2 Å². The lowest BCUT2D eigenvalue weighted by Crippen LogP contribution is -2.24. The van der Waals surface area contributed by atoms with Gasteiger partial charge in [-0.2, -0.15) is 5.10 Å². The van der Waals surface area contributed by atoms with Crippen LogP contribution < -0.4 is 9.84 Å². The number of ether oxygens (including phenoxy) is 1. The molecule has 0 saturated heterocycles. The molecule has 29 heavy (non-hydrogen) atoms. The van der Waals surface area contributed by atoms with Crippen molar-refractivity contribution in [1.29, 1.82) is 0 Å². The number of rotatable bonds is 7. The fourth-order valence-corrected chi connectivity index (χ4v) is 3.26. The van der Waals surface area contributed by atoms with Gasteiger partial charge in [0.05, 0.1) is 18.5 Å². The minimum absolute atomic E-state index is 0.296. The van der Waals surface area contributed by atoms with E-state index in [4.69, 9.17) is 16.3 Å². The Morgan fingerprint density at radius 2 is 1.93 bits per heavy atom. The molecule has 0 aliphatic carbocycles. The summed E-state index contributed by atoms with van der Waals surface area (Å²) in [4.78, 5) is 23.5. The summed E-state index contributed by atoms with van der Waals surface area (Å²) < 4.78 is 6.74. The summed E-state index contributed by atoms with van der Waals surface area (Å²) in [6.07, 6.45) is 2.65. The van der Waals surface area contributed by atoms with Gasteiger partial charge in [0.15, 0.2) is 5.78 Å². The van der Waals surface area contributed by atoms with Crippen molar-refractivity contribution >= 4 is 29.4 Å². The fraction of sp³-hybridized carbons (Fsp3) is 0.136. The molecule has 1 aromatic heterocycles. The van der Waals surface area contributed by atoms with Gasteiger partial charge in [-0.05, 0) is 49.4 Å². The van der Waals surface area contributed by atoms with E-state index in [1.54, 1.807) is 29.8 Å². The summed E-state index contributed by atoms with van der Waals surface area (Å²) in [7, 11) is 1.44. The molecule has 0 fully saturated rings. The van der Waals surface area contributed by atoms with Crippen LogP contribution in [-0.2, 0) is 11.2 Å². The van der Waals surface area contributed by atoms with Crippen molar-refractivity contribution < 1.29 is 19.4 Å². The Morgan fingerprint density at radius 3 is 2.59 bits per heavy atom. The molecule has 148 valence electrons. The number of carbonyl (C=O) groups is 2. The van der Waals surface area contributed by atoms with Gasteiger partial charge in [-0.25, -0.2) is 4.68 Å². The van der Waals surface area contributed by atoms with Crippen molar-refractivity contribution in [3.63, 3.8) is 0 Å². The van der Waals surface area contributed by atoms with Crippen LogP contribution in [0.15, 0.2) is 54.6 Å². The molecule has 0 atom stereocenters. The Labute approximate surface area is 173 Å². The Hall–Kier alpha value is -3.38. The first-order chi connectivity index (χ1) is 13.9. The van der Waals surface area contributed by atoms with Gasteiger partial charge in [-0.1, -0.05) is 29.8 Å². The quantitative estimate of drug-likeness (QED) is 0.442. The highest BCUT2D eigenvalue weighted by atomic mass is 35.5. The Bertz CT molecular complexity index is 1090. The Morgan fingerprint density at radius 1 is 1.21 bits per heavy atom. The number of aromatic nitrogens is 2. The highest BCUT2D eigenvalue weighted by Gasteiger charge is 2.14. The number of hydrogen-bond acceptors (Lipinski definition) is 5. The number of carboxylic acid groups (broad SMARTS) is 1. The number of carbonyl (C=O) groups excluding carboxylic acids is 2. The summed E-state index contributed by atoms with van der Waals surface area (Å²) in [5, 5.41) is 15.8. The van der Waals surface area contributed by atoms with Crippen molar-refractivity contribution in [2.75, 3.05) is 7.11 Å². The number of hydrogen-bond donors (Lipinski definition) is 0. The molecule has 0 saturated carbocycles. The monoisotopic (exact) mass is 409 g/mol. The number of aryl methyl sites for hydroxylation is 1. The maximum atomic E-state index is 12.6. The number of aliphatic carboxylic acids is 1. The van der Waals surface area contributed by atoms with Crippen LogP contribution in [0.3, 0.4) is 0 Å². The molecule has 0 N–H and O–H groups in total. The van der Waals surface area contributed by atoms with Gasteiger partial charge in [-0.3, -0.25) is 4.79 Å². The van der Waals surface area contributed by atoms with E-state index in [0.717, 1.165) is 5.69 Å². The van der Waals surface area contributed by atoms with Crippen molar-refractivity contribution in [3.05, 3.63) is 82.1 Å². The zero-order valence-corrected chi connectivity index (χ0v) is 16.6. The SMILES string of the molecule is COc1ccc(C(=O)/C=C/c2c(C)nn(-c3ccccc3)c2Cl)cc1CC(=O)[O-]. The van der Waals surface area contributed by atoms with E-state index in [2.05, 4.69) is 5.10 Å². The number of allylic oxidation sites excluding steroid dienone is 1. The van der Waals surface area contributed by atoms with E-state index in [1.807, 2.05) is 30.3 Å². The standard InChI is InChI=1S/C22H19ClN2O4/c1-14-18(22(23)25(24-14)17-6-4-3-5-7-17)9-10-19(26)15-8-11-20(29-2)16(12-15)13-21(27)28/h3-12H,13H2,1-2H3,(H,27,28)/p-1/b10-9+. The molecule has 0 unspecified atom stereocenters. The van der Waals surface area contributed by atoms with E-state index in [1.165, 1.54) is 19.3 Å². The van der Waals surface area contributed by atoms with Gasteiger partial charge < -0.3 is 14.6 Å². The van der Waals surface area contributed by atoms with Gasteiger partial charge in [0.1, 0.15) is 10.9 Å². The Kier molecular flexibility index (Phi) is 6.14.